The Bertz CT molecular complexity index is 459. The smallest absolute Gasteiger partial charge is 0.0684 e. The summed E-state index contributed by atoms with van der Waals surface area (Å²) >= 11 is 14.1. The van der Waals surface area contributed by atoms with Crippen LogP contribution in [0.2, 0.25) is 10.0 Å². The average Bonchev–Trinajstić information content (AvgIpc) is 2.67. The van der Waals surface area contributed by atoms with Crippen LogP contribution in [-0.4, -0.2) is 22.5 Å². The quantitative estimate of drug-likeness (QED) is 0.870. The van der Waals surface area contributed by atoms with Gasteiger partial charge in [-0.3, -0.25) is 0 Å². The van der Waals surface area contributed by atoms with E-state index in [9.17, 15) is 0 Å². The van der Waals surface area contributed by atoms with Crippen LogP contribution in [0.1, 0.15) is 18.9 Å². The highest BCUT2D eigenvalue weighted by molar-refractivity contribution is 8.03. The second-order valence-electron chi connectivity index (χ2n) is 4.15. The molecule has 0 atom stereocenters. The molecule has 0 aromatic heterocycles. The topological polar surface area (TPSA) is 23.5 Å². The molecular formula is C13H16Cl3NOS. The van der Waals surface area contributed by atoms with Gasteiger partial charge in [0.2, 0.25) is 0 Å². The van der Waals surface area contributed by atoms with Gasteiger partial charge >= 0.3 is 0 Å². The van der Waals surface area contributed by atoms with Crippen molar-refractivity contribution in [2.45, 2.75) is 19.9 Å². The highest BCUT2D eigenvalue weighted by Crippen LogP contribution is 2.36. The summed E-state index contributed by atoms with van der Waals surface area (Å²) in [5, 5.41) is 10.4. The van der Waals surface area contributed by atoms with E-state index in [1.54, 1.807) is 11.8 Å². The van der Waals surface area contributed by atoms with Crippen molar-refractivity contribution in [3.05, 3.63) is 44.4 Å². The fourth-order valence-corrected chi connectivity index (χ4v) is 3.61. The zero-order valence-corrected chi connectivity index (χ0v) is 13.7. The summed E-state index contributed by atoms with van der Waals surface area (Å²) in [7, 11) is 0. The van der Waals surface area contributed by atoms with Gasteiger partial charge < -0.3 is 10.0 Å². The van der Waals surface area contributed by atoms with E-state index in [-0.39, 0.29) is 19.0 Å². The van der Waals surface area contributed by atoms with Gasteiger partial charge in [0, 0.05) is 45.8 Å². The minimum Gasteiger partial charge on any atom is -0.396 e. The number of allylic oxidation sites excluding steroid dienone is 1. The molecule has 106 valence electrons. The zero-order chi connectivity index (χ0) is 13.1. The highest BCUT2D eigenvalue weighted by atomic mass is 35.5. The van der Waals surface area contributed by atoms with Crippen LogP contribution >= 0.6 is 47.4 Å². The van der Waals surface area contributed by atoms with Gasteiger partial charge in [-0.1, -0.05) is 29.3 Å². The van der Waals surface area contributed by atoms with E-state index in [0.29, 0.717) is 16.6 Å². The summed E-state index contributed by atoms with van der Waals surface area (Å²) < 4.78 is 0. The summed E-state index contributed by atoms with van der Waals surface area (Å²) in [6.07, 6.45) is 0.725. The lowest BCUT2D eigenvalue weighted by Crippen LogP contribution is -2.17. The molecule has 1 aliphatic heterocycles. The number of hydrogen-bond donors (Lipinski definition) is 1. The lowest BCUT2D eigenvalue weighted by Gasteiger charge is -2.20. The number of halogens is 3. The fourth-order valence-electron chi connectivity index (χ4n) is 1.93. The molecule has 0 unspecified atom stereocenters. The highest BCUT2D eigenvalue weighted by Gasteiger charge is 2.20. The van der Waals surface area contributed by atoms with Gasteiger partial charge in [0.1, 0.15) is 0 Å². The molecule has 19 heavy (non-hydrogen) atoms. The van der Waals surface area contributed by atoms with E-state index in [1.807, 2.05) is 18.2 Å². The lowest BCUT2D eigenvalue weighted by molar-refractivity contribution is 0.300. The van der Waals surface area contributed by atoms with Gasteiger partial charge in [0.05, 0.1) is 5.88 Å². The Labute approximate surface area is 134 Å². The SMILES string of the molecule is CC1=C(CCO)SCN1Cc1c(Cl)cccc1Cl.Cl. The maximum Gasteiger partial charge on any atom is 0.0684 e. The third-order valence-corrected chi connectivity index (χ3v) is 5.02. The van der Waals surface area contributed by atoms with Gasteiger partial charge in [0.15, 0.2) is 0 Å². The Balaban J connectivity index is 0.00000180. The maximum atomic E-state index is 9.00. The molecule has 1 aromatic carbocycles. The van der Waals surface area contributed by atoms with Crippen molar-refractivity contribution in [2.24, 2.45) is 0 Å². The predicted octanol–water partition coefficient (Wildman–Crippen LogP) is 4.54. The first-order valence-corrected chi connectivity index (χ1v) is 7.49. The molecule has 1 N–H and O–H groups in total. The number of nitrogens with zero attached hydrogens (tertiary/aromatic N) is 1. The molecule has 2 nitrogen and oxygen atoms in total. The third kappa shape index (κ3) is 3.96. The van der Waals surface area contributed by atoms with Crippen molar-refractivity contribution in [3.8, 4) is 0 Å². The van der Waals surface area contributed by atoms with Crippen LogP contribution in [0.25, 0.3) is 0 Å². The molecule has 1 aliphatic rings. The Kier molecular flexibility index (Phi) is 6.84. The monoisotopic (exact) mass is 339 g/mol. The Morgan fingerprint density at radius 1 is 1.32 bits per heavy atom. The molecule has 1 aromatic rings. The number of thioether (sulfide) groups is 1. The van der Waals surface area contributed by atoms with Crippen molar-refractivity contribution in [1.29, 1.82) is 0 Å². The number of hydrogen-bond acceptors (Lipinski definition) is 3. The summed E-state index contributed by atoms with van der Waals surface area (Å²) in [5.74, 6) is 0.892. The van der Waals surface area contributed by atoms with Crippen molar-refractivity contribution in [3.63, 3.8) is 0 Å². The van der Waals surface area contributed by atoms with E-state index in [1.165, 1.54) is 10.6 Å². The van der Waals surface area contributed by atoms with Gasteiger partial charge in [-0.2, -0.15) is 0 Å². The maximum absolute atomic E-state index is 9.00. The fraction of sp³-hybridized carbons (Fsp3) is 0.385. The molecule has 0 bridgehead atoms. The van der Waals surface area contributed by atoms with E-state index < -0.39 is 0 Å². The number of benzene rings is 1. The number of aliphatic hydroxyl groups is 1. The molecule has 0 saturated heterocycles. The molecular weight excluding hydrogens is 325 g/mol. The molecule has 0 aliphatic carbocycles. The van der Waals surface area contributed by atoms with Crippen LogP contribution in [0, 0.1) is 0 Å². The zero-order valence-electron chi connectivity index (χ0n) is 10.5. The minimum absolute atomic E-state index is 0. The van der Waals surface area contributed by atoms with Crippen LogP contribution in [-0.2, 0) is 6.54 Å². The molecule has 0 amide bonds. The second kappa shape index (κ2) is 7.65. The normalized spacial score (nSPS) is 14.8. The van der Waals surface area contributed by atoms with E-state index in [2.05, 4.69) is 11.8 Å². The first-order valence-electron chi connectivity index (χ1n) is 5.74. The van der Waals surface area contributed by atoms with E-state index in [4.69, 9.17) is 28.3 Å². The van der Waals surface area contributed by atoms with Gasteiger partial charge in [-0.25, -0.2) is 0 Å². The van der Waals surface area contributed by atoms with E-state index in [0.717, 1.165) is 17.9 Å². The summed E-state index contributed by atoms with van der Waals surface area (Å²) in [4.78, 5) is 3.49. The second-order valence-corrected chi connectivity index (χ2v) is 6.01. The van der Waals surface area contributed by atoms with Crippen molar-refractivity contribution in [2.75, 3.05) is 12.5 Å². The van der Waals surface area contributed by atoms with Crippen molar-refractivity contribution in [1.82, 2.24) is 4.90 Å². The largest absolute Gasteiger partial charge is 0.396 e. The van der Waals surface area contributed by atoms with Crippen LogP contribution < -0.4 is 0 Å². The molecule has 2 rings (SSSR count). The molecule has 0 spiro atoms. The van der Waals surface area contributed by atoms with Crippen LogP contribution in [0.5, 0.6) is 0 Å². The Hall–Kier alpha value is -0.0600. The Morgan fingerprint density at radius 3 is 2.53 bits per heavy atom. The lowest BCUT2D eigenvalue weighted by atomic mass is 10.2. The molecule has 1 heterocycles. The number of aliphatic hydroxyl groups excluding tert-OH is 1. The summed E-state index contributed by atoms with van der Waals surface area (Å²) in [6, 6.07) is 5.58. The van der Waals surface area contributed by atoms with Crippen LogP contribution in [0.4, 0.5) is 0 Å². The minimum atomic E-state index is 0. The van der Waals surface area contributed by atoms with Gasteiger partial charge in [-0.05, 0) is 19.1 Å². The Morgan fingerprint density at radius 2 is 1.95 bits per heavy atom. The average molecular weight is 341 g/mol. The van der Waals surface area contributed by atoms with Crippen molar-refractivity contribution >= 4 is 47.4 Å². The van der Waals surface area contributed by atoms with Gasteiger partial charge in [-0.15, -0.1) is 24.2 Å². The molecule has 6 heteroatoms. The molecule has 0 saturated carbocycles. The molecule has 0 fully saturated rings. The first kappa shape index (κ1) is 17.0. The molecule has 0 radical (unpaired) electrons. The third-order valence-electron chi connectivity index (χ3n) is 3.02. The van der Waals surface area contributed by atoms with Crippen molar-refractivity contribution < 1.29 is 5.11 Å². The van der Waals surface area contributed by atoms with Crippen LogP contribution in [0.15, 0.2) is 28.8 Å². The standard InChI is InChI=1S/C13H15Cl2NOS.ClH/c1-9-13(5-6-17)18-8-16(9)7-10-11(14)3-2-4-12(10)15;/h2-4,17H,5-8H2,1H3;1H. The van der Waals surface area contributed by atoms with Gasteiger partial charge in [0.25, 0.3) is 0 Å². The summed E-state index contributed by atoms with van der Waals surface area (Å²) in [5.41, 5.74) is 2.18. The van der Waals surface area contributed by atoms with E-state index >= 15 is 0 Å². The summed E-state index contributed by atoms with van der Waals surface area (Å²) in [6.45, 7) is 2.99. The predicted molar refractivity (Wildman–Crippen MR) is 86.1 cm³/mol. The van der Waals surface area contributed by atoms with Crippen LogP contribution in [0.3, 0.4) is 0 Å². The first-order chi connectivity index (χ1) is 8.63. The number of rotatable bonds is 4.